The summed E-state index contributed by atoms with van der Waals surface area (Å²) in [5, 5.41) is 16.0. The van der Waals surface area contributed by atoms with Crippen LogP contribution in [0.25, 0.3) is 0 Å². The van der Waals surface area contributed by atoms with Crippen molar-refractivity contribution in [1.82, 2.24) is 15.1 Å². The van der Waals surface area contributed by atoms with Crippen LogP contribution in [0, 0.1) is 0 Å². The van der Waals surface area contributed by atoms with Gasteiger partial charge in [0.15, 0.2) is 5.69 Å². The Bertz CT molecular complexity index is 796. The molecule has 1 aromatic heterocycles. The van der Waals surface area contributed by atoms with Gasteiger partial charge in [-0.15, -0.1) is 0 Å². The number of aromatic carboxylic acids is 1. The first kappa shape index (κ1) is 18.0. The van der Waals surface area contributed by atoms with E-state index in [0.29, 0.717) is 19.4 Å². The molecule has 0 spiro atoms. The monoisotopic (exact) mass is 357 g/mol. The Morgan fingerprint density at radius 2 is 2.15 bits per heavy atom. The number of benzene rings is 1. The summed E-state index contributed by atoms with van der Waals surface area (Å²) in [5.74, 6) is -0.263. The Kier molecular flexibility index (Phi) is 5.25. The van der Waals surface area contributed by atoms with E-state index in [9.17, 15) is 9.59 Å². The van der Waals surface area contributed by atoms with Crippen LogP contribution in [-0.4, -0.2) is 33.9 Å². The molecule has 0 unspecified atom stereocenters. The van der Waals surface area contributed by atoms with E-state index >= 15 is 0 Å². The number of nitrogens with one attached hydrogen (secondary N) is 1. The summed E-state index contributed by atoms with van der Waals surface area (Å²) in [5.41, 5.74) is 0.795. The van der Waals surface area contributed by atoms with E-state index in [0.717, 1.165) is 30.6 Å². The summed E-state index contributed by atoms with van der Waals surface area (Å²) in [6, 6.07) is 9.30. The van der Waals surface area contributed by atoms with Crippen LogP contribution in [0.2, 0.25) is 0 Å². The van der Waals surface area contributed by atoms with Gasteiger partial charge in [0.2, 0.25) is 5.91 Å². The zero-order chi connectivity index (χ0) is 18.6. The lowest BCUT2D eigenvalue weighted by molar-refractivity contribution is -0.124. The first-order chi connectivity index (χ1) is 12.5. The Hall–Kier alpha value is -2.83. The van der Waals surface area contributed by atoms with E-state index in [1.807, 2.05) is 24.3 Å². The SMILES string of the molecule is COc1cccc(C2(NC(=O)CCCn3ccc(C(=O)O)n3)CCC2)c1. The smallest absolute Gasteiger partial charge is 0.356 e. The second-order valence-corrected chi connectivity index (χ2v) is 6.59. The van der Waals surface area contributed by atoms with Gasteiger partial charge in [-0.1, -0.05) is 12.1 Å². The summed E-state index contributed by atoms with van der Waals surface area (Å²) >= 11 is 0. The number of hydrogen-bond acceptors (Lipinski definition) is 4. The quantitative estimate of drug-likeness (QED) is 0.757. The van der Waals surface area contributed by atoms with Gasteiger partial charge in [-0.25, -0.2) is 4.79 Å². The summed E-state index contributed by atoms with van der Waals surface area (Å²) in [7, 11) is 1.64. The van der Waals surface area contributed by atoms with Crippen LogP contribution in [-0.2, 0) is 16.9 Å². The molecular weight excluding hydrogens is 334 g/mol. The third-order valence-electron chi connectivity index (χ3n) is 4.86. The van der Waals surface area contributed by atoms with Crippen LogP contribution in [0.4, 0.5) is 0 Å². The fraction of sp³-hybridized carbons (Fsp3) is 0.421. The Labute approximate surface area is 152 Å². The molecule has 0 bridgehead atoms. The topological polar surface area (TPSA) is 93.5 Å². The van der Waals surface area contributed by atoms with Crippen molar-refractivity contribution in [2.45, 2.75) is 44.2 Å². The Morgan fingerprint density at radius 3 is 2.77 bits per heavy atom. The standard InChI is InChI=1S/C19H23N3O4/c1-26-15-6-2-5-14(13-15)19(9-4-10-19)20-17(23)7-3-11-22-12-8-16(21-22)18(24)25/h2,5-6,8,12-13H,3-4,7,9-11H2,1H3,(H,20,23)(H,24,25). The van der Waals surface area contributed by atoms with Crippen molar-refractivity contribution in [2.24, 2.45) is 0 Å². The summed E-state index contributed by atoms with van der Waals surface area (Å²) < 4.78 is 6.85. The molecule has 26 heavy (non-hydrogen) atoms. The number of carbonyl (C=O) groups is 2. The highest BCUT2D eigenvalue weighted by Gasteiger charge is 2.40. The van der Waals surface area contributed by atoms with Gasteiger partial charge < -0.3 is 15.2 Å². The van der Waals surface area contributed by atoms with E-state index in [4.69, 9.17) is 9.84 Å². The number of carbonyl (C=O) groups excluding carboxylic acids is 1. The normalized spacial score (nSPS) is 15.1. The molecule has 0 aliphatic heterocycles. The van der Waals surface area contributed by atoms with Crippen molar-refractivity contribution in [1.29, 1.82) is 0 Å². The lowest BCUT2D eigenvalue weighted by Gasteiger charge is -2.43. The van der Waals surface area contributed by atoms with Crippen molar-refractivity contribution < 1.29 is 19.4 Å². The second kappa shape index (κ2) is 7.59. The number of aromatic nitrogens is 2. The minimum absolute atomic E-state index is 0.00173. The molecule has 0 atom stereocenters. The van der Waals surface area contributed by atoms with Gasteiger partial charge in [0.25, 0.3) is 0 Å². The number of methoxy groups -OCH3 is 1. The van der Waals surface area contributed by atoms with Crippen LogP contribution >= 0.6 is 0 Å². The van der Waals surface area contributed by atoms with E-state index < -0.39 is 5.97 Å². The molecule has 1 aromatic carbocycles. The maximum Gasteiger partial charge on any atom is 0.356 e. The van der Waals surface area contributed by atoms with E-state index in [-0.39, 0.29) is 17.1 Å². The predicted molar refractivity (Wildman–Crippen MR) is 95.1 cm³/mol. The number of ether oxygens (including phenoxy) is 1. The molecule has 138 valence electrons. The third kappa shape index (κ3) is 3.87. The predicted octanol–water partition coefficient (Wildman–Crippen LogP) is 2.57. The third-order valence-corrected chi connectivity index (χ3v) is 4.86. The van der Waals surface area contributed by atoms with Gasteiger partial charge in [0, 0.05) is 19.2 Å². The molecule has 2 N–H and O–H groups in total. The molecule has 2 aromatic rings. The highest BCUT2D eigenvalue weighted by molar-refractivity contribution is 5.85. The summed E-state index contributed by atoms with van der Waals surface area (Å²) in [6.45, 7) is 0.507. The lowest BCUT2D eigenvalue weighted by Crippen LogP contribution is -2.50. The van der Waals surface area contributed by atoms with E-state index in [1.54, 1.807) is 18.0 Å². The number of aryl methyl sites for hydroxylation is 1. The molecule has 7 heteroatoms. The first-order valence-corrected chi connectivity index (χ1v) is 8.75. The molecule has 1 fully saturated rings. The van der Waals surface area contributed by atoms with Crippen molar-refractivity contribution in [3.05, 3.63) is 47.8 Å². The van der Waals surface area contributed by atoms with Crippen LogP contribution in [0.15, 0.2) is 36.5 Å². The zero-order valence-electron chi connectivity index (χ0n) is 14.8. The number of carboxylic acids is 1. The lowest BCUT2D eigenvalue weighted by atomic mass is 9.71. The summed E-state index contributed by atoms with van der Waals surface area (Å²) in [6.07, 6.45) is 5.52. The average Bonchev–Trinajstić information content (AvgIpc) is 3.07. The van der Waals surface area contributed by atoms with E-state index in [2.05, 4.69) is 10.4 Å². The van der Waals surface area contributed by atoms with Crippen LogP contribution in [0.1, 0.15) is 48.2 Å². The van der Waals surface area contributed by atoms with Crippen molar-refractivity contribution in [2.75, 3.05) is 7.11 Å². The van der Waals surface area contributed by atoms with Gasteiger partial charge in [-0.2, -0.15) is 5.10 Å². The maximum absolute atomic E-state index is 12.4. The average molecular weight is 357 g/mol. The number of nitrogens with zero attached hydrogens (tertiary/aromatic N) is 2. The number of amides is 1. The van der Waals surface area contributed by atoms with Gasteiger partial charge in [-0.05, 0) is 49.4 Å². The van der Waals surface area contributed by atoms with Gasteiger partial charge in [-0.3, -0.25) is 9.48 Å². The molecule has 0 saturated heterocycles. The highest BCUT2D eigenvalue weighted by Crippen LogP contribution is 2.42. The Balaban J connectivity index is 1.55. The molecule has 1 saturated carbocycles. The van der Waals surface area contributed by atoms with Crippen LogP contribution < -0.4 is 10.1 Å². The molecule has 1 amide bonds. The minimum Gasteiger partial charge on any atom is -0.497 e. The minimum atomic E-state index is -1.05. The highest BCUT2D eigenvalue weighted by atomic mass is 16.5. The fourth-order valence-electron chi connectivity index (χ4n) is 3.27. The number of rotatable bonds is 8. The van der Waals surface area contributed by atoms with Crippen LogP contribution in [0.5, 0.6) is 5.75 Å². The van der Waals surface area contributed by atoms with Gasteiger partial charge in [0.05, 0.1) is 12.6 Å². The second-order valence-electron chi connectivity index (χ2n) is 6.59. The molecular formula is C19H23N3O4. The molecule has 3 rings (SSSR count). The maximum atomic E-state index is 12.4. The first-order valence-electron chi connectivity index (χ1n) is 8.75. The van der Waals surface area contributed by atoms with Crippen LogP contribution in [0.3, 0.4) is 0 Å². The molecule has 1 aliphatic rings. The largest absolute Gasteiger partial charge is 0.497 e. The number of carboxylic acid groups (broad SMARTS) is 1. The molecule has 7 nitrogen and oxygen atoms in total. The summed E-state index contributed by atoms with van der Waals surface area (Å²) in [4.78, 5) is 23.2. The van der Waals surface area contributed by atoms with Gasteiger partial charge >= 0.3 is 5.97 Å². The van der Waals surface area contributed by atoms with Crippen molar-refractivity contribution >= 4 is 11.9 Å². The fourth-order valence-corrected chi connectivity index (χ4v) is 3.27. The molecule has 0 radical (unpaired) electrons. The van der Waals surface area contributed by atoms with E-state index in [1.165, 1.54) is 6.07 Å². The Morgan fingerprint density at radius 1 is 1.35 bits per heavy atom. The van der Waals surface area contributed by atoms with Crippen molar-refractivity contribution in [3.8, 4) is 5.75 Å². The van der Waals surface area contributed by atoms with Gasteiger partial charge in [0.1, 0.15) is 5.75 Å². The molecule has 1 aliphatic carbocycles. The molecule has 1 heterocycles. The zero-order valence-corrected chi connectivity index (χ0v) is 14.8. The van der Waals surface area contributed by atoms with Crippen molar-refractivity contribution in [3.63, 3.8) is 0 Å². The number of hydrogen-bond donors (Lipinski definition) is 2.